The van der Waals surface area contributed by atoms with Crippen LogP contribution in [-0.4, -0.2) is 53.2 Å². The third kappa shape index (κ3) is 2.87. The number of hydrogen-bond acceptors (Lipinski definition) is 4. The van der Waals surface area contributed by atoms with Crippen LogP contribution in [0.1, 0.15) is 37.4 Å². The van der Waals surface area contributed by atoms with Gasteiger partial charge in [0.05, 0.1) is 17.4 Å². The van der Waals surface area contributed by atoms with Crippen LogP contribution >= 0.6 is 0 Å². The van der Waals surface area contributed by atoms with E-state index in [9.17, 15) is 0 Å². The van der Waals surface area contributed by atoms with Gasteiger partial charge in [0.25, 0.3) is 0 Å². The molecule has 0 radical (unpaired) electrons. The summed E-state index contributed by atoms with van der Waals surface area (Å²) >= 11 is 0. The second-order valence-corrected chi connectivity index (χ2v) is 6.32. The van der Waals surface area contributed by atoms with Gasteiger partial charge in [-0.3, -0.25) is 9.58 Å². The molecule has 1 aromatic rings. The van der Waals surface area contributed by atoms with E-state index in [1.165, 1.54) is 12.0 Å². The summed E-state index contributed by atoms with van der Waals surface area (Å²) < 4.78 is 13.8. The average Bonchev–Trinajstić information content (AvgIpc) is 3.09. The van der Waals surface area contributed by atoms with E-state index in [2.05, 4.69) is 30.0 Å². The second kappa shape index (κ2) is 6.07. The molecule has 0 aliphatic carbocycles. The molecule has 0 saturated carbocycles. The van der Waals surface area contributed by atoms with Crippen LogP contribution in [0.25, 0.3) is 0 Å². The summed E-state index contributed by atoms with van der Waals surface area (Å²) in [6.07, 6.45) is 5.75. The summed E-state index contributed by atoms with van der Waals surface area (Å²) in [5, 5.41) is 4.54. The highest BCUT2D eigenvalue weighted by Crippen LogP contribution is 2.37. The fraction of sp³-hybridized carbons (Fsp3) is 0.812. The molecular weight excluding hydrogens is 266 g/mol. The first kappa shape index (κ1) is 15.0. The lowest BCUT2D eigenvalue weighted by Gasteiger charge is -2.44. The van der Waals surface area contributed by atoms with Crippen molar-refractivity contribution in [2.75, 3.05) is 26.8 Å². The molecule has 1 spiro atoms. The first-order valence-electron chi connectivity index (χ1n) is 8.09. The van der Waals surface area contributed by atoms with Crippen LogP contribution in [0.5, 0.6) is 0 Å². The molecule has 3 rings (SSSR count). The monoisotopic (exact) mass is 293 g/mol. The first-order valence-corrected chi connectivity index (χ1v) is 8.09. The summed E-state index contributed by atoms with van der Waals surface area (Å²) in [6.45, 7) is 9.03. The Morgan fingerprint density at radius 1 is 1.48 bits per heavy atom. The maximum Gasteiger partial charge on any atom is 0.0987 e. The molecule has 0 N–H and O–H groups in total. The molecule has 0 amide bonds. The number of aryl methyl sites for hydroxylation is 2. The highest BCUT2D eigenvalue weighted by atomic mass is 16.5. The Morgan fingerprint density at radius 3 is 2.95 bits per heavy atom. The van der Waals surface area contributed by atoms with Crippen LogP contribution < -0.4 is 0 Å². The van der Waals surface area contributed by atoms with Gasteiger partial charge in [-0.25, -0.2) is 0 Å². The molecule has 1 aromatic heterocycles. The standard InChI is InChI=1S/C16H27N3O2/c1-4-19-11-14(13(2)17-19)10-18-8-7-16(6-5-9-21-16)15(12-18)20-3/h11,15H,4-10,12H2,1-3H3/t15-,16-/m0/s1. The van der Waals surface area contributed by atoms with Crippen molar-refractivity contribution in [2.45, 2.75) is 57.9 Å². The van der Waals surface area contributed by atoms with E-state index < -0.39 is 0 Å². The molecule has 5 heteroatoms. The van der Waals surface area contributed by atoms with Crippen LogP contribution in [0, 0.1) is 6.92 Å². The lowest BCUT2D eigenvalue weighted by molar-refractivity contribution is -0.143. The van der Waals surface area contributed by atoms with E-state index in [0.29, 0.717) is 0 Å². The molecule has 21 heavy (non-hydrogen) atoms. The lowest BCUT2D eigenvalue weighted by Crippen LogP contribution is -2.55. The van der Waals surface area contributed by atoms with Gasteiger partial charge < -0.3 is 9.47 Å². The number of piperidine rings is 1. The minimum Gasteiger partial charge on any atom is -0.377 e. The van der Waals surface area contributed by atoms with Gasteiger partial charge >= 0.3 is 0 Å². The minimum absolute atomic E-state index is 0.0199. The Balaban J connectivity index is 1.66. The Morgan fingerprint density at radius 2 is 2.33 bits per heavy atom. The van der Waals surface area contributed by atoms with E-state index in [4.69, 9.17) is 9.47 Å². The van der Waals surface area contributed by atoms with Crippen molar-refractivity contribution in [3.8, 4) is 0 Å². The number of ether oxygens (including phenoxy) is 2. The summed E-state index contributed by atoms with van der Waals surface area (Å²) in [5.74, 6) is 0. The highest BCUT2D eigenvalue weighted by Gasteiger charge is 2.46. The minimum atomic E-state index is -0.0199. The van der Waals surface area contributed by atoms with Gasteiger partial charge in [-0.1, -0.05) is 0 Å². The number of methoxy groups -OCH3 is 1. The SMILES string of the molecule is CCn1cc(CN2CC[C@@]3(CCCO3)[C@@H](OC)C2)c(C)n1. The second-order valence-electron chi connectivity index (χ2n) is 6.32. The summed E-state index contributed by atoms with van der Waals surface area (Å²) in [5.41, 5.74) is 2.45. The first-order chi connectivity index (χ1) is 10.2. The molecule has 3 heterocycles. The molecule has 2 saturated heterocycles. The summed E-state index contributed by atoms with van der Waals surface area (Å²) in [7, 11) is 1.82. The molecular formula is C16H27N3O2. The van der Waals surface area contributed by atoms with E-state index >= 15 is 0 Å². The van der Waals surface area contributed by atoms with Crippen LogP contribution in [-0.2, 0) is 22.6 Å². The normalized spacial score (nSPS) is 30.3. The molecule has 2 fully saturated rings. The molecule has 0 aromatic carbocycles. The topological polar surface area (TPSA) is 39.5 Å². The predicted octanol–water partition coefficient (Wildman–Crippen LogP) is 1.98. The van der Waals surface area contributed by atoms with Crippen LogP contribution in [0.3, 0.4) is 0 Å². The van der Waals surface area contributed by atoms with Crippen molar-refractivity contribution in [1.82, 2.24) is 14.7 Å². The van der Waals surface area contributed by atoms with E-state index in [1.807, 2.05) is 11.8 Å². The molecule has 5 nitrogen and oxygen atoms in total. The molecule has 2 aliphatic rings. The van der Waals surface area contributed by atoms with Crippen LogP contribution in [0.2, 0.25) is 0 Å². The number of likely N-dealkylation sites (tertiary alicyclic amines) is 1. The van der Waals surface area contributed by atoms with E-state index in [1.54, 1.807) is 0 Å². The fourth-order valence-electron chi connectivity index (χ4n) is 3.72. The number of nitrogens with zero attached hydrogens (tertiary/aromatic N) is 3. The Hall–Kier alpha value is -0.910. The quantitative estimate of drug-likeness (QED) is 0.851. The zero-order valence-corrected chi connectivity index (χ0v) is 13.5. The fourth-order valence-corrected chi connectivity index (χ4v) is 3.72. The lowest BCUT2D eigenvalue weighted by atomic mass is 9.85. The molecule has 2 aliphatic heterocycles. The number of aromatic nitrogens is 2. The third-order valence-electron chi connectivity index (χ3n) is 5.05. The van der Waals surface area contributed by atoms with Crippen molar-refractivity contribution in [2.24, 2.45) is 0 Å². The van der Waals surface area contributed by atoms with Crippen molar-refractivity contribution >= 4 is 0 Å². The van der Waals surface area contributed by atoms with E-state index in [0.717, 1.165) is 51.3 Å². The van der Waals surface area contributed by atoms with Crippen LogP contribution in [0.15, 0.2) is 6.20 Å². The number of rotatable bonds is 4. The third-order valence-corrected chi connectivity index (χ3v) is 5.05. The average molecular weight is 293 g/mol. The van der Waals surface area contributed by atoms with Gasteiger partial charge in [-0.05, 0) is 33.1 Å². The highest BCUT2D eigenvalue weighted by molar-refractivity contribution is 5.15. The predicted molar refractivity (Wildman–Crippen MR) is 81.2 cm³/mol. The number of hydrogen-bond donors (Lipinski definition) is 0. The van der Waals surface area contributed by atoms with Crippen molar-refractivity contribution in [3.63, 3.8) is 0 Å². The van der Waals surface area contributed by atoms with Gasteiger partial charge in [0, 0.05) is 51.7 Å². The Labute approximate surface area is 127 Å². The smallest absolute Gasteiger partial charge is 0.0987 e. The molecule has 118 valence electrons. The zero-order valence-electron chi connectivity index (χ0n) is 13.5. The Kier molecular flexibility index (Phi) is 4.33. The van der Waals surface area contributed by atoms with E-state index in [-0.39, 0.29) is 11.7 Å². The molecule has 0 unspecified atom stereocenters. The van der Waals surface area contributed by atoms with Gasteiger partial charge in [0.2, 0.25) is 0 Å². The molecule has 0 bridgehead atoms. The van der Waals surface area contributed by atoms with Gasteiger partial charge in [0.1, 0.15) is 0 Å². The van der Waals surface area contributed by atoms with Gasteiger partial charge in [-0.2, -0.15) is 5.10 Å². The summed E-state index contributed by atoms with van der Waals surface area (Å²) in [6, 6.07) is 0. The van der Waals surface area contributed by atoms with Crippen LogP contribution in [0.4, 0.5) is 0 Å². The van der Waals surface area contributed by atoms with Crippen molar-refractivity contribution in [3.05, 3.63) is 17.5 Å². The maximum atomic E-state index is 6.06. The van der Waals surface area contributed by atoms with Crippen molar-refractivity contribution in [1.29, 1.82) is 0 Å². The van der Waals surface area contributed by atoms with Gasteiger partial charge in [-0.15, -0.1) is 0 Å². The molecule has 2 atom stereocenters. The van der Waals surface area contributed by atoms with Gasteiger partial charge in [0.15, 0.2) is 0 Å². The largest absolute Gasteiger partial charge is 0.377 e. The summed E-state index contributed by atoms with van der Waals surface area (Å²) in [4.78, 5) is 2.48. The zero-order chi connectivity index (χ0) is 14.9. The maximum absolute atomic E-state index is 6.06. The van der Waals surface area contributed by atoms with Crippen molar-refractivity contribution < 1.29 is 9.47 Å². The Bertz CT molecular complexity index is 480.